The first kappa shape index (κ1) is 16.7. The van der Waals surface area contributed by atoms with Gasteiger partial charge in [0.25, 0.3) is 11.8 Å². The van der Waals surface area contributed by atoms with Gasteiger partial charge in [0.2, 0.25) is 0 Å². The number of pyridine rings is 1. The number of nitrogens with zero attached hydrogens (tertiary/aromatic N) is 3. The second-order valence-electron chi connectivity index (χ2n) is 7.60. The molecule has 2 saturated heterocycles. The number of hydrogen-bond acceptors (Lipinski definition) is 6. The first-order chi connectivity index (χ1) is 13.1. The summed E-state index contributed by atoms with van der Waals surface area (Å²) in [6.07, 6.45) is 4.78. The molecule has 0 unspecified atom stereocenters. The highest BCUT2D eigenvalue weighted by molar-refractivity contribution is 5.93. The molecule has 1 atom stereocenters. The van der Waals surface area contributed by atoms with Crippen LogP contribution in [0.4, 0.5) is 4.39 Å². The van der Waals surface area contributed by atoms with Crippen molar-refractivity contribution in [2.75, 3.05) is 19.7 Å². The van der Waals surface area contributed by atoms with Crippen molar-refractivity contribution in [3.05, 3.63) is 41.7 Å². The quantitative estimate of drug-likeness (QED) is 0.820. The van der Waals surface area contributed by atoms with E-state index in [9.17, 15) is 9.18 Å². The van der Waals surface area contributed by atoms with Crippen LogP contribution in [0.25, 0.3) is 0 Å². The fraction of sp³-hybridized carbons (Fsp3) is 0.526. The number of amides is 1. The molecule has 1 spiro atoms. The lowest BCUT2D eigenvalue weighted by atomic mass is 9.84. The van der Waals surface area contributed by atoms with Gasteiger partial charge in [0, 0.05) is 31.0 Å². The van der Waals surface area contributed by atoms with E-state index < -0.39 is 11.4 Å². The second kappa shape index (κ2) is 6.30. The zero-order valence-corrected chi connectivity index (χ0v) is 14.8. The molecule has 1 aliphatic carbocycles. The van der Waals surface area contributed by atoms with Crippen molar-refractivity contribution >= 4 is 5.91 Å². The van der Waals surface area contributed by atoms with Crippen LogP contribution in [0, 0.1) is 5.82 Å². The van der Waals surface area contributed by atoms with Crippen molar-refractivity contribution < 1.29 is 23.2 Å². The molecule has 4 heterocycles. The summed E-state index contributed by atoms with van der Waals surface area (Å²) < 4.78 is 30.7. The Morgan fingerprint density at radius 3 is 2.96 bits per heavy atom. The lowest BCUT2D eigenvalue weighted by Crippen LogP contribution is -2.67. The summed E-state index contributed by atoms with van der Waals surface area (Å²) in [5.74, 6) is 0.628. The molecule has 5 rings (SSSR count). The SMILES string of the molecule is O=C(c1cc(C2CC2)on1)N1CC2(C[C@H](Oc3ncccc3F)CCO2)C1. The lowest BCUT2D eigenvalue weighted by Gasteiger charge is -2.52. The van der Waals surface area contributed by atoms with E-state index in [1.807, 2.05) is 0 Å². The van der Waals surface area contributed by atoms with Crippen molar-refractivity contribution in [1.29, 1.82) is 0 Å². The van der Waals surface area contributed by atoms with Crippen molar-refractivity contribution in [2.45, 2.75) is 43.3 Å². The molecule has 1 saturated carbocycles. The number of likely N-dealkylation sites (tertiary alicyclic amines) is 1. The summed E-state index contributed by atoms with van der Waals surface area (Å²) in [6.45, 7) is 1.46. The minimum Gasteiger partial charge on any atom is -0.472 e. The molecular formula is C19H20FN3O4. The molecule has 1 amide bonds. The standard InChI is InChI=1S/C19H20FN3O4/c20-14-2-1-6-21-17(14)26-13-5-7-25-19(9-13)10-23(11-19)18(24)15-8-16(27-22-15)12-3-4-12/h1-2,6,8,12-13H,3-5,7,9-11H2/t13-/m1/s1. The third kappa shape index (κ3) is 3.18. The van der Waals surface area contributed by atoms with E-state index in [4.69, 9.17) is 14.0 Å². The van der Waals surface area contributed by atoms with Crippen molar-refractivity contribution in [3.8, 4) is 5.88 Å². The molecule has 0 radical (unpaired) electrons. The zero-order chi connectivity index (χ0) is 18.4. The summed E-state index contributed by atoms with van der Waals surface area (Å²) in [5, 5.41) is 3.91. The summed E-state index contributed by atoms with van der Waals surface area (Å²) in [4.78, 5) is 18.2. The third-order valence-corrected chi connectivity index (χ3v) is 5.42. The van der Waals surface area contributed by atoms with Gasteiger partial charge in [-0.3, -0.25) is 4.79 Å². The first-order valence-corrected chi connectivity index (χ1v) is 9.29. The van der Waals surface area contributed by atoms with Crippen LogP contribution in [-0.4, -0.2) is 52.3 Å². The molecular weight excluding hydrogens is 353 g/mol. The topological polar surface area (TPSA) is 77.7 Å². The minimum atomic E-state index is -0.471. The smallest absolute Gasteiger partial charge is 0.276 e. The Kier molecular flexibility index (Phi) is 3.89. The lowest BCUT2D eigenvalue weighted by molar-refractivity contribution is -0.174. The van der Waals surface area contributed by atoms with Crippen LogP contribution < -0.4 is 4.74 Å². The Balaban J connectivity index is 1.20. The van der Waals surface area contributed by atoms with Crippen LogP contribution in [-0.2, 0) is 4.74 Å². The summed E-state index contributed by atoms with van der Waals surface area (Å²) in [7, 11) is 0. The average Bonchev–Trinajstić information content (AvgIpc) is 3.38. The fourth-order valence-electron chi connectivity index (χ4n) is 3.82. The van der Waals surface area contributed by atoms with Crippen LogP contribution >= 0.6 is 0 Å². The maximum Gasteiger partial charge on any atom is 0.276 e. The van der Waals surface area contributed by atoms with Crippen molar-refractivity contribution in [3.63, 3.8) is 0 Å². The van der Waals surface area contributed by atoms with Crippen LogP contribution in [0.2, 0.25) is 0 Å². The highest BCUT2D eigenvalue weighted by atomic mass is 19.1. The molecule has 142 valence electrons. The van der Waals surface area contributed by atoms with Crippen LogP contribution in [0.1, 0.15) is 47.8 Å². The maximum absolute atomic E-state index is 13.8. The van der Waals surface area contributed by atoms with E-state index in [2.05, 4.69) is 10.1 Å². The third-order valence-electron chi connectivity index (χ3n) is 5.42. The molecule has 7 nitrogen and oxygen atoms in total. The Labute approximate surface area is 155 Å². The predicted molar refractivity (Wildman–Crippen MR) is 90.9 cm³/mol. The van der Waals surface area contributed by atoms with Crippen LogP contribution in [0.3, 0.4) is 0 Å². The average molecular weight is 373 g/mol. The van der Waals surface area contributed by atoms with Gasteiger partial charge in [-0.25, -0.2) is 9.37 Å². The van der Waals surface area contributed by atoms with Gasteiger partial charge in [-0.15, -0.1) is 0 Å². The molecule has 0 aromatic carbocycles. The van der Waals surface area contributed by atoms with Gasteiger partial charge in [0.05, 0.1) is 19.7 Å². The molecule has 27 heavy (non-hydrogen) atoms. The number of carbonyl (C=O) groups excluding carboxylic acids is 1. The number of hydrogen-bond donors (Lipinski definition) is 0. The molecule has 2 aromatic heterocycles. The molecule has 8 heteroatoms. The summed E-state index contributed by atoms with van der Waals surface area (Å²) in [5.41, 5.74) is -0.0849. The van der Waals surface area contributed by atoms with Gasteiger partial charge in [-0.2, -0.15) is 0 Å². The van der Waals surface area contributed by atoms with Crippen LogP contribution in [0.15, 0.2) is 28.9 Å². The monoisotopic (exact) mass is 373 g/mol. The highest BCUT2D eigenvalue weighted by Gasteiger charge is 2.50. The van der Waals surface area contributed by atoms with E-state index in [0.29, 0.717) is 44.1 Å². The summed E-state index contributed by atoms with van der Waals surface area (Å²) in [6, 6.07) is 4.61. The van der Waals surface area contributed by atoms with Crippen molar-refractivity contribution in [1.82, 2.24) is 15.0 Å². The van der Waals surface area contributed by atoms with Crippen LogP contribution in [0.5, 0.6) is 5.88 Å². The number of aromatic nitrogens is 2. The maximum atomic E-state index is 13.8. The number of carbonyl (C=O) groups is 1. The van der Waals surface area contributed by atoms with E-state index in [-0.39, 0.29) is 17.9 Å². The Morgan fingerprint density at radius 2 is 2.19 bits per heavy atom. The Morgan fingerprint density at radius 1 is 1.33 bits per heavy atom. The van der Waals surface area contributed by atoms with Gasteiger partial charge in [0.15, 0.2) is 11.5 Å². The molecule has 0 N–H and O–H groups in total. The van der Waals surface area contributed by atoms with Gasteiger partial charge in [-0.05, 0) is 25.0 Å². The van der Waals surface area contributed by atoms with Gasteiger partial charge in [0.1, 0.15) is 17.5 Å². The molecule has 0 bridgehead atoms. The highest BCUT2D eigenvalue weighted by Crippen LogP contribution is 2.41. The molecule has 2 aromatic rings. The summed E-state index contributed by atoms with van der Waals surface area (Å²) >= 11 is 0. The van der Waals surface area contributed by atoms with E-state index in [1.54, 1.807) is 11.0 Å². The number of rotatable bonds is 4. The fourth-order valence-corrected chi connectivity index (χ4v) is 3.82. The molecule has 3 aliphatic rings. The van der Waals surface area contributed by atoms with Gasteiger partial charge in [-0.1, -0.05) is 5.16 Å². The number of ether oxygens (including phenoxy) is 2. The van der Waals surface area contributed by atoms with Gasteiger partial charge >= 0.3 is 0 Å². The second-order valence-corrected chi connectivity index (χ2v) is 7.60. The van der Waals surface area contributed by atoms with E-state index in [0.717, 1.165) is 18.6 Å². The molecule has 3 fully saturated rings. The largest absolute Gasteiger partial charge is 0.472 e. The van der Waals surface area contributed by atoms with Gasteiger partial charge < -0.3 is 18.9 Å². The Hall–Kier alpha value is -2.48. The van der Waals surface area contributed by atoms with E-state index >= 15 is 0 Å². The zero-order valence-electron chi connectivity index (χ0n) is 14.8. The Bertz CT molecular complexity index is 860. The van der Waals surface area contributed by atoms with Crippen molar-refractivity contribution in [2.24, 2.45) is 0 Å². The normalized spacial score (nSPS) is 23.9. The number of halogens is 1. The minimum absolute atomic E-state index is 0.0157. The van der Waals surface area contributed by atoms with E-state index in [1.165, 1.54) is 18.3 Å². The first-order valence-electron chi connectivity index (χ1n) is 9.29. The molecule has 2 aliphatic heterocycles. The predicted octanol–water partition coefficient (Wildman–Crippen LogP) is 2.54.